The summed E-state index contributed by atoms with van der Waals surface area (Å²) in [5.41, 5.74) is 11.5. The first-order valence-corrected chi connectivity index (χ1v) is 17.2. The molecule has 7 aromatic carbocycles. The van der Waals surface area contributed by atoms with Crippen molar-refractivity contribution in [2.24, 2.45) is 0 Å². The summed E-state index contributed by atoms with van der Waals surface area (Å²) >= 11 is 0. The van der Waals surface area contributed by atoms with E-state index in [9.17, 15) is 5.26 Å². The molecule has 0 saturated heterocycles. The smallest absolute Gasteiger partial charge is 0.164 e. The monoisotopic (exact) mass is 664 g/mol. The van der Waals surface area contributed by atoms with Crippen LogP contribution < -0.4 is 4.74 Å². The third-order valence-corrected chi connectivity index (χ3v) is 10.2. The number of rotatable bonds is 4. The molecule has 0 atom stereocenters. The molecule has 0 N–H and O–H groups in total. The Hall–Kier alpha value is -7.16. The Bertz CT molecular complexity index is 2630. The van der Waals surface area contributed by atoms with Crippen LogP contribution >= 0.6 is 0 Å². The number of nitriles is 1. The molecule has 2 heterocycles. The van der Waals surface area contributed by atoms with E-state index in [1.807, 2.05) is 91.0 Å². The lowest BCUT2D eigenvalue weighted by Gasteiger charge is -2.39. The third-order valence-electron chi connectivity index (χ3n) is 10.2. The molecular formula is C47H28N4O. The summed E-state index contributed by atoms with van der Waals surface area (Å²) in [6.07, 6.45) is 0. The van der Waals surface area contributed by atoms with Crippen molar-refractivity contribution >= 4 is 0 Å². The van der Waals surface area contributed by atoms with E-state index in [0.717, 1.165) is 67.1 Å². The van der Waals surface area contributed by atoms with Crippen LogP contribution in [0.2, 0.25) is 0 Å². The van der Waals surface area contributed by atoms with Crippen molar-refractivity contribution in [2.45, 2.75) is 5.41 Å². The average Bonchev–Trinajstić information content (AvgIpc) is 3.50. The van der Waals surface area contributed by atoms with Crippen molar-refractivity contribution < 1.29 is 4.74 Å². The van der Waals surface area contributed by atoms with Crippen LogP contribution in [-0.2, 0) is 5.41 Å². The van der Waals surface area contributed by atoms with Gasteiger partial charge in [0.05, 0.1) is 17.0 Å². The van der Waals surface area contributed by atoms with Gasteiger partial charge in [-0.25, -0.2) is 15.0 Å². The second-order valence-electron chi connectivity index (χ2n) is 13.1. The maximum absolute atomic E-state index is 9.69. The fraction of sp³-hybridized carbons (Fsp3) is 0.0213. The van der Waals surface area contributed by atoms with Crippen molar-refractivity contribution in [1.82, 2.24) is 15.0 Å². The fourth-order valence-electron chi connectivity index (χ4n) is 7.93. The van der Waals surface area contributed by atoms with Crippen LogP contribution in [0, 0.1) is 11.3 Å². The first kappa shape index (κ1) is 29.7. The van der Waals surface area contributed by atoms with E-state index in [4.69, 9.17) is 19.7 Å². The Morgan fingerprint density at radius 1 is 0.404 bits per heavy atom. The maximum atomic E-state index is 9.69. The van der Waals surface area contributed by atoms with Gasteiger partial charge in [-0.15, -0.1) is 0 Å². The minimum absolute atomic E-state index is 0.601. The average molecular weight is 665 g/mol. The highest BCUT2D eigenvalue weighted by Gasteiger charge is 2.51. The van der Waals surface area contributed by atoms with Gasteiger partial charge in [0.1, 0.15) is 11.5 Å². The van der Waals surface area contributed by atoms with Gasteiger partial charge >= 0.3 is 0 Å². The van der Waals surface area contributed by atoms with Crippen LogP contribution in [0.15, 0.2) is 170 Å². The summed E-state index contributed by atoms with van der Waals surface area (Å²) in [4.78, 5) is 15.1. The molecule has 2 aliphatic rings. The molecule has 8 aromatic rings. The van der Waals surface area contributed by atoms with Crippen LogP contribution in [0.1, 0.15) is 27.8 Å². The molecular weight excluding hydrogens is 637 g/mol. The normalized spacial score (nSPS) is 12.9. The zero-order chi connectivity index (χ0) is 34.6. The summed E-state index contributed by atoms with van der Waals surface area (Å²) in [7, 11) is 0. The fourth-order valence-corrected chi connectivity index (χ4v) is 7.93. The quantitative estimate of drug-likeness (QED) is 0.187. The number of para-hydroxylation sites is 2. The van der Waals surface area contributed by atoms with E-state index in [1.165, 1.54) is 5.56 Å². The predicted molar refractivity (Wildman–Crippen MR) is 204 cm³/mol. The van der Waals surface area contributed by atoms with Gasteiger partial charge in [-0.2, -0.15) is 5.26 Å². The molecule has 0 unspecified atom stereocenters. The number of aromatic nitrogens is 3. The topological polar surface area (TPSA) is 71.7 Å². The number of benzene rings is 7. The second-order valence-corrected chi connectivity index (χ2v) is 13.1. The Balaban J connectivity index is 1.25. The standard InChI is InChI=1S/C47H28N4O/c48-29-30-12-11-17-33(26-30)34-22-24-38-36(27-34)37-28-35(46-50-44(31-13-3-1-4-14-31)49-45(51-46)32-15-5-2-6-16-32)23-25-39(37)47(38)40-18-7-9-20-42(40)52-43-21-10-8-19-41(43)47/h1-28H. The lowest BCUT2D eigenvalue weighted by atomic mass is 9.66. The largest absolute Gasteiger partial charge is 0.457 e. The van der Waals surface area contributed by atoms with Crippen LogP contribution in [0.5, 0.6) is 11.5 Å². The zero-order valence-corrected chi connectivity index (χ0v) is 27.9. The van der Waals surface area contributed by atoms with Gasteiger partial charge in [0.25, 0.3) is 0 Å². The van der Waals surface area contributed by atoms with E-state index < -0.39 is 5.41 Å². The number of nitrogens with zero attached hydrogens (tertiary/aromatic N) is 4. The minimum Gasteiger partial charge on any atom is -0.457 e. The highest BCUT2D eigenvalue weighted by Crippen LogP contribution is 2.62. The third kappa shape index (κ3) is 4.52. The highest BCUT2D eigenvalue weighted by atomic mass is 16.5. The molecule has 1 spiro atoms. The van der Waals surface area contributed by atoms with Crippen LogP contribution in [-0.4, -0.2) is 15.0 Å². The summed E-state index contributed by atoms with van der Waals surface area (Å²) < 4.78 is 6.56. The summed E-state index contributed by atoms with van der Waals surface area (Å²) in [6, 6.07) is 60.2. The Morgan fingerprint density at radius 2 is 0.865 bits per heavy atom. The first-order chi connectivity index (χ1) is 25.7. The number of ether oxygens (including phenoxy) is 1. The zero-order valence-electron chi connectivity index (χ0n) is 27.9. The molecule has 10 rings (SSSR count). The summed E-state index contributed by atoms with van der Waals surface area (Å²) in [5, 5.41) is 9.69. The Morgan fingerprint density at radius 3 is 1.44 bits per heavy atom. The molecule has 0 radical (unpaired) electrons. The molecule has 5 heteroatoms. The first-order valence-electron chi connectivity index (χ1n) is 17.2. The maximum Gasteiger partial charge on any atom is 0.164 e. The molecule has 1 aliphatic heterocycles. The van der Waals surface area contributed by atoms with E-state index in [2.05, 4.69) is 84.9 Å². The van der Waals surface area contributed by atoms with Gasteiger partial charge < -0.3 is 4.74 Å². The molecule has 0 bridgehead atoms. The molecule has 242 valence electrons. The Kier molecular flexibility index (Phi) is 6.70. The van der Waals surface area contributed by atoms with Gasteiger partial charge in [-0.1, -0.05) is 133 Å². The van der Waals surface area contributed by atoms with Crippen LogP contribution in [0.4, 0.5) is 0 Å². The molecule has 5 nitrogen and oxygen atoms in total. The molecule has 0 amide bonds. The van der Waals surface area contributed by atoms with Gasteiger partial charge in [0.2, 0.25) is 0 Å². The number of fused-ring (bicyclic) bond motifs is 9. The van der Waals surface area contributed by atoms with Crippen LogP contribution in [0.25, 0.3) is 56.4 Å². The van der Waals surface area contributed by atoms with Gasteiger partial charge in [-0.05, 0) is 69.8 Å². The van der Waals surface area contributed by atoms with E-state index in [0.29, 0.717) is 23.0 Å². The highest BCUT2D eigenvalue weighted by molar-refractivity contribution is 5.92. The van der Waals surface area contributed by atoms with Gasteiger partial charge in [0.15, 0.2) is 17.5 Å². The van der Waals surface area contributed by atoms with Crippen molar-refractivity contribution in [3.8, 4) is 74.0 Å². The van der Waals surface area contributed by atoms with Crippen molar-refractivity contribution in [3.63, 3.8) is 0 Å². The van der Waals surface area contributed by atoms with Gasteiger partial charge in [0, 0.05) is 27.8 Å². The molecule has 0 fully saturated rings. The Labute approximate surface area is 301 Å². The van der Waals surface area contributed by atoms with Crippen molar-refractivity contribution in [1.29, 1.82) is 5.26 Å². The summed E-state index contributed by atoms with van der Waals surface area (Å²) in [5.74, 6) is 3.52. The second kappa shape index (κ2) is 11.7. The number of hydrogen-bond donors (Lipinski definition) is 0. The molecule has 1 aliphatic carbocycles. The molecule has 52 heavy (non-hydrogen) atoms. The SMILES string of the molecule is N#Cc1cccc(-c2ccc3c(c2)-c2cc(-c4nc(-c5ccccc5)nc(-c5ccccc5)n4)ccc2C32c3ccccc3Oc3ccccc32)c1. The predicted octanol–water partition coefficient (Wildman–Crippen LogP) is 10.9. The lowest BCUT2D eigenvalue weighted by Crippen LogP contribution is -2.32. The lowest BCUT2D eigenvalue weighted by molar-refractivity contribution is 0.436. The van der Waals surface area contributed by atoms with E-state index >= 15 is 0 Å². The molecule has 0 saturated carbocycles. The van der Waals surface area contributed by atoms with Gasteiger partial charge in [-0.3, -0.25) is 0 Å². The van der Waals surface area contributed by atoms with Crippen molar-refractivity contribution in [3.05, 3.63) is 198 Å². The summed E-state index contributed by atoms with van der Waals surface area (Å²) in [6.45, 7) is 0. The number of hydrogen-bond acceptors (Lipinski definition) is 5. The van der Waals surface area contributed by atoms with Crippen molar-refractivity contribution in [2.75, 3.05) is 0 Å². The molecule has 1 aromatic heterocycles. The van der Waals surface area contributed by atoms with Crippen LogP contribution in [0.3, 0.4) is 0 Å². The minimum atomic E-state index is -0.620. The van der Waals surface area contributed by atoms with E-state index in [1.54, 1.807) is 0 Å². The van der Waals surface area contributed by atoms with E-state index in [-0.39, 0.29) is 0 Å².